The molecule has 0 aliphatic carbocycles. The Bertz CT molecular complexity index is 1210. The highest BCUT2D eigenvalue weighted by Crippen LogP contribution is 2.06. The normalized spacial score (nSPS) is 14.4. The number of primary amides is 1. The number of nitrogens with one attached hydrogen (secondary N) is 6. The fourth-order valence-electron chi connectivity index (χ4n) is 4.15. The largest absolute Gasteiger partial charge is 0.480 e. The molecule has 0 rings (SSSR count). The maximum Gasteiger partial charge on any atom is 0.326 e. The standard InChI is InChI=1S/C28H50N10O11/c1-13(2)10-18(27(48)49)36-25(46)19(11-39)38-26(47)20(12-40)37-24(45)16(6-5-9-32-28(30)31)35-22(43)14(3)33-23(44)17(34-15(4)41)7-8-21(29)42/h13-14,16-20,39-40H,5-12H2,1-4H3,(H2,29,42)(H,33,44)(H,34,41)(H,35,43)(H,36,46)(H,37,45)(H,38,47)(H,48,49)(H4,30,31,32)/t14-,16-,17-,18-,19-,20-/m0/s1. The lowest BCUT2D eigenvalue weighted by molar-refractivity contribution is -0.143. The second kappa shape index (κ2) is 22.5. The van der Waals surface area contributed by atoms with Gasteiger partial charge in [-0.3, -0.25) is 38.6 Å². The maximum absolute atomic E-state index is 13.2. The Morgan fingerprint density at radius 1 is 0.633 bits per heavy atom. The van der Waals surface area contributed by atoms with Crippen LogP contribution in [-0.4, -0.2) is 125 Å². The number of carboxylic acid groups (broad SMARTS) is 1. The maximum atomic E-state index is 13.2. The van der Waals surface area contributed by atoms with Gasteiger partial charge < -0.3 is 64.4 Å². The first-order chi connectivity index (χ1) is 22.8. The average Bonchev–Trinajstić information content (AvgIpc) is 3.00. The second-order valence-corrected chi connectivity index (χ2v) is 11.5. The number of nitrogens with zero attached hydrogens (tertiary/aromatic N) is 1. The lowest BCUT2D eigenvalue weighted by atomic mass is 10.0. The van der Waals surface area contributed by atoms with Gasteiger partial charge in [-0.2, -0.15) is 0 Å². The molecule has 7 amide bonds. The SMILES string of the molecule is CC(=O)N[C@@H](CCC(N)=O)C(=O)N[C@@H](C)C(=O)N[C@@H](CCCN=C(N)N)C(=O)N[C@@H](CO)C(=O)N[C@@H](CO)C(=O)N[C@@H](CC(C)C)C(=O)O. The molecule has 0 aromatic rings. The number of aliphatic hydroxyl groups excluding tert-OH is 2. The molecule has 0 heterocycles. The predicted octanol–water partition coefficient (Wildman–Crippen LogP) is -5.63. The molecule has 0 aromatic heterocycles. The minimum absolute atomic E-state index is 0.0396. The third-order valence-corrected chi connectivity index (χ3v) is 6.66. The molecule has 6 atom stereocenters. The van der Waals surface area contributed by atoms with Crippen LogP contribution in [0.2, 0.25) is 0 Å². The third kappa shape index (κ3) is 18.2. The van der Waals surface area contributed by atoms with Crippen LogP contribution in [0.25, 0.3) is 0 Å². The molecule has 278 valence electrons. The molecular formula is C28H50N10O11. The van der Waals surface area contributed by atoms with Crippen molar-refractivity contribution in [1.82, 2.24) is 31.9 Å². The number of nitrogens with two attached hydrogens (primary N) is 3. The summed E-state index contributed by atoms with van der Waals surface area (Å²) in [5.74, 6) is -7.78. The Hall–Kier alpha value is -5.05. The van der Waals surface area contributed by atoms with Crippen molar-refractivity contribution in [2.75, 3.05) is 19.8 Å². The summed E-state index contributed by atoms with van der Waals surface area (Å²) >= 11 is 0. The van der Waals surface area contributed by atoms with Crippen LogP contribution in [0.4, 0.5) is 0 Å². The lowest BCUT2D eigenvalue weighted by Gasteiger charge is -2.26. The molecule has 15 N–H and O–H groups in total. The Morgan fingerprint density at radius 3 is 1.51 bits per heavy atom. The van der Waals surface area contributed by atoms with Crippen LogP contribution < -0.4 is 49.1 Å². The molecule has 0 saturated carbocycles. The Labute approximate surface area is 282 Å². The van der Waals surface area contributed by atoms with E-state index in [4.69, 9.17) is 17.2 Å². The Kier molecular flexibility index (Phi) is 20.2. The first-order valence-corrected chi connectivity index (χ1v) is 15.4. The quantitative estimate of drug-likeness (QED) is 0.0269. The number of aliphatic carboxylic acids is 1. The highest BCUT2D eigenvalue weighted by Gasteiger charge is 2.32. The molecular weight excluding hydrogens is 652 g/mol. The van der Waals surface area contributed by atoms with E-state index in [1.165, 1.54) is 6.92 Å². The molecule has 21 nitrogen and oxygen atoms in total. The summed E-state index contributed by atoms with van der Waals surface area (Å²) in [6, 6.07) is -8.51. The topological polar surface area (TPSA) is 360 Å². The van der Waals surface area contributed by atoms with E-state index in [2.05, 4.69) is 36.9 Å². The van der Waals surface area contributed by atoms with Crippen molar-refractivity contribution in [3.63, 3.8) is 0 Å². The number of guanidine groups is 1. The Morgan fingerprint density at radius 2 is 1.08 bits per heavy atom. The number of hydrogen-bond donors (Lipinski definition) is 12. The predicted molar refractivity (Wildman–Crippen MR) is 173 cm³/mol. The summed E-state index contributed by atoms with van der Waals surface area (Å²) in [5.41, 5.74) is 15.8. The van der Waals surface area contributed by atoms with Crippen molar-refractivity contribution in [2.45, 2.75) is 96.1 Å². The molecule has 0 bridgehead atoms. The van der Waals surface area contributed by atoms with Gasteiger partial charge in [0.1, 0.15) is 36.3 Å². The van der Waals surface area contributed by atoms with Crippen molar-refractivity contribution in [3.05, 3.63) is 0 Å². The fourth-order valence-corrected chi connectivity index (χ4v) is 4.15. The van der Waals surface area contributed by atoms with Gasteiger partial charge in [-0.05, 0) is 38.5 Å². The van der Waals surface area contributed by atoms with Crippen LogP contribution in [0, 0.1) is 5.92 Å². The van der Waals surface area contributed by atoms with E-state index in [1.807, 2.05) is 0 Å². The van der Waals surface area contributed by atoms with Crippen molar-refractivity contribution in [3.8, 4) is 0 Å². The van der Waals surface area contributed by atoms with Gasteiger partial charge in [-0.1, -0.05) is 13.8 Å². The van der Waals surface area contributed by atoms with E-state index < -0.39 is 96.8 Å². The number of rotatable bonds is 23. The summed E-state index contributed by atoms with van der Waals surface area (Å²) in [5, 5.41) is 42.6. The van der Waals surface area contributed by atoms with Gasteiger partial charge in [0.2, 0.25) is 41.4 Å². The minimum Gasteiger partial charge on any atom is -0.480 e. The molecule has 0 unspecified atom stereocenters. The smallest absolute Gasteiger partial charge is 0.326 e. The highest BCUT2D eigenvalue weighted by molar-refractivity contribution is 5.96. The number of aliphatic imine (C=N–C) groups is 1. The molecule has 0 fully saturated rings. The van der Waals surface area contributed by atoms with Crippen LogP contribution in [0.1, 0.15) is 59.8 Å². The van der Waals surface area contributed by atoms with Crippen molar-refractivity contribution in [2.24, 2.45) is 28.1 Å². The molecule has 0 saturated heterocycles. The first-order valence-electron chi connectivity index (χ1n) is 15.4. The average molecular weight is 703 g/mol. The zero-order valence-corrected chi connectivity index (χ0v) is 28.0. The van der Waals surface area contributed by atoms with Crippen LogP contribution in [-0.2, 0) is 38.4 Å². The number of hydrogen-bond acceptors (Lipinski definition) is 11. The van der Waals surface area contributed by atoms with Gasteiger partial charge >= 0.3 is 5.97 Å². The summed E-state index contributed by atoms with van der Waals surface area (Å²) in [6.07, 6.45) is -0.283. The first kappa shape index (κ1) is 43.9. The van der Waals surface area contributed by atoms with Crippen molar-refractivity contribution >= 4 is 53.3 Å². The minimum atomic E-state index is -1.70. The van der Waals surface area contributed by atoms with E-state index in [9.17, 15) is 53.7 Å². The molecule has 0 spiro atoms. The number of carboxylic acids is 1. The summed E-state index contributed by atoms with van der Waals surface area (Å²) in [6.45, 7) is 3.99. The van der Waals surface area contributed by atoms with E-state index >= 15 is 0 Å². The lowest BCUT2D eigenvalue weighted by Crippen LogP contribution is -2.60. The Balaban J connectivity index is 5.76. The van der Waals surface area contributed by atoms with Crippen LogP contribution in [0.5, 0.6) is 0 Å². The van der Waals surface area contributed by atoms with Crippen molar-refractivity contribution in [1.29, 1.82) is 0 Å². The van der Waals surface area contributed by atoms with Crippen molar-refractivity contribution < 1.29 is 53.7 Å². The number of aliphatic hydroxyl groups is 2. The molecule has 0 radical (unpaired) electrons. The third-order valence-electron chi connectivity index (χ3n) is 6.66. The molecule has 0 aromatic carbocycles. The number of carbonyl (C=O) groups excluding carboxylic acids is 7. The van der Waals surface area contributed by atoms with Gasteiger partial charge in [0.05, 0.1) is 13.2 Å². The van der Waals surface area contributed by atoms with Gasteiger partial charge in [-0.15, -0.1) is 0 Å². The monoisotopic (exact) mass is 702 g/mol. The van der Waals surface area contributed by atoms with E-state index in [1.54, 1.807) is 13.8 Å². The van der Waals surface area contributed by atoms with E-state index in [0.29, 0.717) is 0 Å². The number of carbonyl (C=O) groups is 8. The summed E-state index contributed by atoms with van der Waals surface area (Å²) in [7, 11) is 0. The molecule has 21 heteroatoms. The van der Waals surface area contributed by atoms with Gasteiger partial charge in [-0.25, -0.2) is 4.79 Å². The molecule has 0 aliphatic rings. The van der Waals surface area contributed by atoms with Crippen LogP contribution in [0.15, 0.2) is 4.99 Å². The highest BCUT2D eigenvalue weighted by atomic mass is 16.4. The fraction of sp³-hybridized carbons (Fsp3) is 0.679. The van der Waals surface area contributed by atoms with Crippen LogP contribution in [0.3, 0.4) is 0 Å². The zero-order chi connectivity index (χ0) is 37.8. The number of amides is 7. The molecule has 49 heavy (non-hydrogen) atoms. The van der Waals surface area contributed by atoms with Gasteiger partial charge in [0.15, 0.2) is 5.96 Å². The summed E-state index contributed by atoms with van der Waals surface area (Å²) in [4.78, 5) is 103. The van der Waals surface area contributed by atoms with Gasteiger partial charge in [0, 0.05) is 19.9 Å². The second-order valence-electron chi connectivity index (χ2n) is 11.5. The van der Waals surface area contributed by atoms with Gasteiger partial charge in [0.25, 0.3) is 0 Å². The van der Waals surface area contributed by atoms with E-state index in [0.717, 1.165) is 6.92 Å². The molecule has 0 aliphatic heterocycles. The summed E-state index contributed by atoms with van der Waals surface area (Å²) < 4.78 is 0. The van der Waals surface area contributed by atoms with E-state index in [-0.39, 0.29) is 50.5 Å². The van der Waals surface area contributed by atoms with Crippen LogP contribution >= 0.6 is 0 Å². The zero-order valence-electron chi connectivity index (χ0n) is 28.0.